The summed E-state index contributed by atoms with van der Waals surface area (Å²) in [5.41, 5.74) is 0. The number of nitrogens with zero attached hydrogens (tertiary/aromatic N) is 1. The van der Waals surface area contributed by atoms with E-state index in [1.165, 1.54) is 0 Å². The maximum absolute atomic E-state index is 12.3. The number of rotatable bonds is 6. The molecule has 3 heteroatoms. The van der Waals surface area contributed by atoms with Gasteiger partial charge >= 0.3 is 0 Å². The van der Waals surface area contributed by atoms with Crippen LogP contribution in [0, 0.1) is 5.92 Å². The Bertz CT molecular complexity index is 212. The Balaban J connectivity index is 2.58. The van der Waals surface area contributed by atoms with Crippen molar-refractivity contribution in [3.05, 3.63) is 0 Å². The molecule has 0 unspecified atom stereocenters. The average Bonchev–Trinajstić information content (AvgIpc) is 2.75. The molecule has 1 rings (SSSR count). The van der Waals surface area contributed by atoms with Crippen molar-refractivity contribution in [3.63, 3.8) is 0 Å². The molecule has 1 saturated heterocycles. The molecule has 94 valence electrons. The molecule has 0 bridgehead atoms. The number of hydrogen-bond acceptors (Lipinski definition) is 2. The van der Waals surface area contributed by atoms with Gasteiger partial charge in [0.25, 0.3) is 0 Å². The first-order valence-electron chi connectivity index (χ1n) is 6.65. The highest BCUT2D eigenvalue weighted by Gasteiger charge is 2.31. The Hall–Kier alpha value is -0.570. The third-order valence-electron chi connectivity index (χ3n) is 3.49. The highest BCUT2D eigenvalue weighted by molar-refractivity contribution is 5.79. The summed E-state index contributed by atoms with van der Waals surface area (Å²) < 4.78 is 0. The van der Waals surface area contributed by atoms with Crippen LogP contribution in [-0.2, 0) is 4.79 Å². The Morgan fingerprint density at radius 1 is 1.38 bits per heavy atom. The van der Waals surface area contributed by atoms with Crippen LogP contribution in [0.25, 0.3) is 0 Å². The van der Waals surface area contributed by atoms with E-state index in [1.54, 1.807) is 0 Å². The summed E-state index contributed by atoms with van der Waals surface area (Å²) in [5, 5.41) is 9.23. The molecule has 0 aromatic heterocycles. The normalized spacial score (nSPS) is 20.8. The number of aliphatic hydroxyl groups excluding tert-OH is 1. The minimum atomic E-state index is 0.0868. The standard InChI is InChI=1S/C13H25NO2/c1-3-6-11(7-4-2)13(16)14-9-5-8-12(14)10-15/h11-12,15H,3-10H2,1-2H3/t12-/m0/s1. The van der Waals surface area contributed by atoms with Crippen LogP contribution in [0.1, 0.15) is 52.4 Å². The molecule has 0 aromatic rings. The third kappa shape index (κ3) is 3.21. The molecule has 0 aromatic carbocycles. The van der Waals surface area contributed by atoms with Gasteiger partial charge in [0, 0.05) is 12.5 Å². The second kappa shape index (κ2) is 6.89. The second-order valence-electron chi connectivity index (χ2n) is 4.78. The van der Waals surface area contributed by atoms with Gasteiger partial charge in [-0.3, -0.25) is 4.79 Å². The highest BCUT2D eigenvalue weighted by Crippen LogP contribution is 2.23. The summed E-state index contributed by atoms with van der Waals surface area (Å²) in [6, 6.07) is 0.0868. The van der Waals surface area contributed by atoms with Crippen LogP contribution < -0.4 is 0 Å². The minimum Gasteiger partial charge on any atom is -0.394 e. The molecule has 1 atom stereocenters. The van der Waals surface area contributed by atoms with E-state index in [0.717, 1.165) is 45.1 Å². The van der Waals surface area contributed by atoms with Gasteiger partial charge in [0.2, 0.25) is 5.91 Å². The number of aliphatic hydroxyl groups is 1. The lowest BCUT2D eigenvalue weighted by molar-refractivity contribution is -0.137. The van der Waals surface area contributed by atoms with E-state index in [0.29, 0.717) is 0 Å². The summed E-state index contributed by atoms with van der Waals surface area (Å²) in [5.74, 6) is 0.461. The van der Waals surface area contributed by atoms with Crippen molar-refractivity contribution in [1.82, 2.24) is 4.90 Å². The molecule has 0 radical (unpaired) electrons. The smallest absolute Gasteiger partial charge is 0.226 e. The van der Waals surface area contributed by atoms with Crippen LogP contribution in [0.4, 0.5) is 0 Å². The first-order chi connectivity index (χ1) is 7.74. The van der Waals surface area contributed by atoms with Gasteiger partial charge in [-0.1, -0.05) is 26.7 Å². The summed E-state index contributed by atoms with van der Waals surface area (Å²) in [6.07, 6.45) is 6.11. The zero-order valence-electron chi connectivity index (χ0n) is 10.6. The number of carbonyl (C=O) groups is 1. The van der Waals surface area contributed by atoms with E-state index in [2.05, 4.69) is 13.8 Å². The predicted molar refractivity (Wildman–Crippen MR) is 65.1 cm³/mol. The van der Waals surface area contributed by atoms with Gasteiger partial charge in [-0.2, -0.15) is 0 Å². The van der Waals surface area contributed by atoms with Crippen molar-refractivity contribution in [1.29, 1.82) is 0 Å². The van der Waals surface area contributed by atoms with Crippen molar-refractivity contribution in [2.75, 3.05) is 13.2 Å². The van der Waals surface area contributed by atoms with E-state index in [4.69, 9.17) is 0 Å². The second-order valence-corrected chi connectivity index (χ2v) is 4.78. The molecular weight excluding hydrogens is 202 g/mol. The van der Waals surface area contributed by atoms with Crippen molar-refractivity contribution in [2.45, 2.75) is 58.4 Å². The minimum absolute atomic E-state index is 0.0868. The van der Waals surface area contributed by atoms with Crippen molar-refractivity contribution < 1.29 is 9.90 Å². The molecule has 0 aliphatic carbocycles. The molecular formula is C13H25NO2. The molecule has 1 amide bonds. The first kappa shape index (κ1) is 13.5. The summed E-state index contributed by atoms with van der Waals surface area (Å²) in [4.78, 5) is 14.2. The summed E-state index contributed by atoms with van der Waals surface area (Å²) >= 11 is 0. The van der Waals surface area contributed by atoms with Crippen LogP contribution in [0.3, 0.4) is 0 Å². The third-order valence-corrected chi connectivity index (χ3v) is 3.49. The molecule has 0 saturated carbocycles. The lowest BCUT2D eigenvalue weighted by atomic mass is 9.96. The largest absolute Gasteiger partial charge is 0.394 e. The zero-order chi connectivity index (χ0) is 12.0. The molecule has 16 heavy (non-hydrogen) atoms. The predicted octanol–water partition coefficient (Wildman–Crippen LogP) is 2.19. The maximum Gasteiger partial charge on any atom is 0.226 e. The van der Waals surface area contributed by atoms with Gasteiger partial charge in [-0.15, -0.1) is 0 Å². The zero-order valence-corrected chi connectivity index (χ0v) is 10.6. The fourth-order valence-electron chi connectivity index (χ4n) is 2.64. The Kier molecular flexibility index (Phi) is 5.81. The number of amides is 1. The first-order valence-corrected chi connectivity index (χ1v) is 6.65. The van der Waals surface area contributed by atoms with Gasteiger partial charge < -0.3 is 10.0 Å². The molecule has 0 spiro atoms. The van der Waals surface area contributed by atoms with Crippen LogP contribution in [0.5, 0.6) is 0 Å². The van der Waals surface area contributed by atoms with Gasteiger partial charge in [0.05, 0.1) is 12.6 Å². The molecule has 1 aliphatic heterocycles. The van der Waals surface area contributed by atoms with Gasteiger partial charge in [0.15, 0.2) is 0 Å². The average molecular weight is 227 g/mol. The highest BCUT2D eigenvalue weighted by atomic mass is 16.3. The number of likely N-dealkylation sites (tertiary alicyclic amines) is 1. The molecule has 3 nitrogen and oxygen atoms in total. The SMILES string of the molecule is CCCC(CCC)C(=O)N1CCC[C@H]1CO. The van der Waals surface area contributed by atoms with Crippen molar-refractivity contribution >= 4 is 5.91 Å². The number of carbonyl (C=O) groups excluding carboxylic acids is 1. The fraction of sp³-hybridized carbons (Fsp3) is 0.923. The van der Waals surface area contributed by atoms with Gasteiger partial charge in [-0.25, -0.2) is 0 Å². The van der Waals surface area contributed by atoms with Crippen LogP contribution in [0.2, 0.25) is 0 Å². The summed E-state index contributed by atoms with van der Waals surface area (Å²) in [6.45, 7) is 5.22. The van der Waals surface area contributed by atoms with E-state index in [9.17, 15) is 9.90 Å². The monoisotopic (exact) mass is 227 g/mol. The van der Waals surface area contributed by atoms with E-state index in [1.807, 2.05) is 4.90 Å². The van der Waals surface area contributed by atoms with Crippen molar-refractivity contribution in [3.8, 4) is 0 Å². The quantitative estimate of drug-likeness (QED) is 0.755. The molecule has 1 aliphatic rings. The van der Waals surface area contributed by atoms with Crippen LogP contribution >= 0.6 is 0 Å². The topological polar surface area (TPSA) is 40.5 Å². The lowest BCUT2D eigenvalue weighted by Crippen LogP contribution is -2.41. The van der Waals surface area contributed by atoms with E-state index >= 15 is 0 Å². The molecule has 1 N–H and O–H groups in total. The van der Waals surface area contributed by atoms with Gasteiger partial charge in [-0.05, 0) is 25.7 Å². The van der Waals surface area contributed by atoms with Gasteiger partial charge in [0.1, 0.15) is 0 Å². The van der Waals surface area contributed by atoms with E-state index < -0.39 is 0 Å². The summed E-state index contributed by atoms with van der Waals surface area (Å²) in [7, 11) is 0. The van der Waals surface area contributed by atoms with Crippen LogP contribution in [-0.4, -0.2) is 35.1 Å². The van der Waals surface area contributed by atoms with Crippen molar-refractivity contribution in [2.24, 2.45) is 5.92 Å². The number of hydrogen-bond donors (Lipinski definition) is 1. The molecule has 1 heterocycles. The Morgan fingerprint density at radius 2 is 2.00 bits per heavy atom. The fourth-order valence-corrected chi connectivity index (χ4v) is 2.64. The lowest BCUT2D eigenvalue weighted by Gasteiger charge is -2.27. The maximum atomic E-state index is 12.3. The molecule has 1 fully saturated rings. The van der Waals surface area contributed by atoms with Crippen LogP contribution in [0.15, 0.2) is 0 Å². The van der Waals surface area contributed by atoms with E-state index in [-0.39, 0.29) is 24.5 Å². The Morgan fingerprint density at radius 3 is 2.50 bits per heavy atom. The Labute approximate surface area is 98.8 Å².